The second-order valence-electron chi connectivity index (χ2n) is 10.6. The zero-order valence-corrected chi connectivity index (χ0v) is 30.0. The van der Waals surface area contributed by atoms with Crippen molar-refractivity contribution in [1.29, 1.82) is 0 Å². The first kappa shape index (κ1) is 39.0. The average molecular weight is 628 g/mol. The van der Waals surface area contributed by atoms with E-state index in [1.165, 1.54) is 25.7 Å². The van der Waals surface area contributed by atoms with Crippen LogP contribution in [0, 0.1) is 11.8 Å². The minimum Gasteiger partial charge on any atom is -0.493 e. The molecular weight excluding hydrogens is 570 g/mol. The fourth-order valence-corrected chi connectivity index (χ4v) is 5.42. The maximum Gasteiger partial charge on any atom is 0.216 e. The van der Waals surface area contributed by atoms with Gasteiger partial charge in [0.1, 0.15) is 5.75 Å². The Bertz CT molecular complexity index is 1240. The third-order valence-corrected chi connectivity index (χ3v) is 7.98. The van der Waals surface area contributed by atoms with Gasteiger partial charge in [-0.3, -0.25) is 4.79 Å². The molecular formula is C37H58ClN3O3. The van der Waals surface area contributed by atoms with E-state index in [2.05, 4.69) is 44.2 Å². The van der Waals surface area contributed by atoms with Crippen LogP contribution in [0.1, 0.15) is 112 Å². The third-order valence-electron chi connectivity index (χ3n) is 7.75. The second-order valence-corrected chi connectivity index (χ2v) is 11.0. The van der Waals surface area contributed by atoms with Gasteiger partial charge in [-0.05, 0) is 55.0 Å². The molecule has 1 aromatic heterocycles. The summed E-state index contributed by atoms with van der Waals surface area (Å²) in [6.45, 7) is 19.1. The maximum absolute atomic E-state index is 13.7. The lowest BCUT2D eigenvalue weighted by molar-refractivity contribution is -0.120. The molecule has 0 amide bonds. The van der Waals surface area contributed by atoms with Crippen molar-refractivity contribution in [1.82, 2.24) is 15.1 Å². The Morgan fingerprint density at radius 2 is 1.84 bits per heavy atom. The van der Waals surface area contributed by atoms with Crippen LogP contribution >= 0.6 is 11.6 Å². The van der Waals surface area contributed by atoms with Crippen molar-refractivity contribution >= 4 is 17.4 Å². The van der Waals surface area contributed by atoms with Crippen molar-refractivity contribution in [3.63, 3.8) is 0 Å². The molecule has 0 aliphatic carbocycles. The van der Waals surface area contributed by atoms with Crippen molar-refractivity contribution in [3.05, 3.63) is 75.6 Å². The lowest BCUT2D eigenvalue weighted by atomic mass is 9.80. The highest BCUT2D eigenvalue weighted by Crippen LogP contribution is 2.38. The van der Waals surface area contributed by atoms with Gasteiger partial charge in [-0.15, -0.1) is 0 Å². The Labute approximate surface area is 272 Å². The molecule has 44 heavy (non-hydrogen) atoms. The first-order valence-electron chi connectivity index (χ1n) is 16.7. The van der Waals surface area contributed by atoms with E-state index < -0.39 is 0 Å². The predicted octanol–water partition coefficient (Wildman–Crippen LogP) is 9.99. The van der Waals surface area contributed by atoms with E-state index in [-0.39, 0.29) is 23.7 Å². The van der Waals surface area contributed by atoms with Crippen LogP contribution in [-0.2, 0) is 18.3 Å². The summed E-state index contributed by atoms with van der Waals surface area (Å²) in [6.07, 6.45) is 15.0. The minimum atomic E-state index is -0.257. The zero-order valence-electron chi connectivity index (χ0n) is 29.2. The van der Waals surface area contributed by atoms with Crippen LogP contribution in [-0.4, -0.2) is 29.3 Å². The Balaban J connectivity index is 0.000000853. The van der Waals surface area contributed by atoms with Crippen LogP contribution in [0.3, 0.4) is 0 Å². The summed E-state index contributed by atoms with van der Waals surface area (Å²) in [5.74, 6) is 1.64. The molecule has 2 aliphatic heterocycles. The lowest BCUT2D eigenvalue weighted by Gasteiger charge is -2.30. The number of nitrogens with one attached hydrogen (secondary N) is 1. The van der Waals surface area contributed by atoms with Crippen LogP contribution in [0.2, 0.25) is 5.02 Å². The smallest absolute Gasteiger partial charge is 0.216 e. The van der Waals surface area contributed by atoms with Crippen LogP contribution < -0.4 is 14.8 Å². The monoisotopic (exact) mass is 627 g/mol. The van der Waals surface area contributed by atoms with Gasteiger partial charge in [-0.2, -0.15) is 5.10 Å². The van der Waals surface area contributed by atoms with E-state index in [0.29, 0.717) is 23.9 Å². The van der Waals surface area contributed by atoms with Crippen molar-refractivity contribution in [3.8, 4) is 11.6 Å². The minimum absolute atomic E-state index is 0.0864. The van der Waals surface area contributed by atoms with Crippen molar-refractivity contribution < 1.29 is 14.3 Å². The number of aryl methyl sites for hydroxylation is 1. The van der Waals surface area contributed by atoms with E-state index in [4.69, 9.17) is 21.1 Å². The summed E-state index contributed by atoms with van der Waals surface area (Å²) in [5, 5.41) is 8.47. The number of fused-ring (bicyclic) bond motifs is 1. The van der Waals surface area contributed by atoms with Crippen LogP contribution in [0.5, 0.6) is 11.6 Å². The third kappa shape index (κ3) is 10.3. The van der Waals surface area contributed by atoms with Gasteiger partial charge in [0.2, 0.25) is 5.88 Å². The number of hydrogen-bond donors (Lipinski definition) is 1. The van der Waals surface area contributed by atoms with Crippen LogP contribution in [0.4, 0.5) is 0 Å². The summed E-state index contributed by atoms with van der Waals surface area (Å²) in [4.78, 5) is 13.7. The number of benzene rings is 1. The summed E-state index contributed by atoms with van der Waals surface area (Å²) < 4.78 is 13.2. The molecule has 6 nitrogen and oxygen atoms in total. The van der Waals surface area contributed by atoms with E-state index in [0.717, 1.165) is 40.0 Å². The molecule has 2 aliphatic rings. The Hall–Kier alpha value is -2.99. The number of hydrogen-bond acceptors (Lipinski definition) is 5. The van der Waals surface area contributed by atoms with Crippen LogP contribution in [0.15, 0.2) is 59.5 Å². The SMILES string of the molecule is C/C=C(/C(=O)C1COc2ccc(Cl)cc2C1)C1=CNC(c2cnn(C)c2OC)C=C1C(C)CC.CC.CC.CCCCCC. The van der Waals surface area contributed by atoms with Gasteiger partial charge in [0, 0.05) is 29.4 Å². The molecule has 246 valence electrons. The first-order valence-corrected chi connectivity index (χ1v) is 17.0. The number of aromatic nitrogens is 2. The van der Waals surface area contributed by atoms with Gasteiger partial charge in [-0.25, -0.2) is 4.68 Å². The topological polar surface area (TPSA) is 65.4 Å². The number of unbranched alkanes of at least 4 members (excludes halogenated alkanes) is 3. The van der Waals surface area contributed by atoms with Crippen molar-refractivity contribution in [2.75, 3.05) is 13.7 Å². The molecule has 0 spiro atoms. The van der Waals surface area contributed by atoms with E-state index >= 15 is 0 Å². The van der Waals surface area contributed by atoms with Gasteiger partial charge in [-0.1, -0.05) is 105 Å². The quantitative estimate of drug-likeness (QED) is 0.210. The molecule has 3 atom stereocenters. The molecule has 3 heterocycles. The molecule has 1 N–H and O–H groups in total. The van der Waals surface area contributed by atoms with Gasteiger partial charge in [0.25, 0.3) is 0 Å². The number of rotatable bonds is 10. The summed E-state index contributed by atoms with van der Waals surface area (Å²) >= 11 is 6.18. The Kier molecular flexibility index (Phi) is 18.5. The second kappa shape index (κ2) is 20.9. The van der Waals surface area contributed by atoms with E-state index in [9.17, 15) is 4.79 Å². The molecule has 0 radical (unpaired) electrons. The van der Waals surface area contributed by atoms with Crippen molar-refractivity contribution in [2.24, 2.45) is 18.9 Å². The number of methoxy groups -OCH3 is 1. The number of nitrogens with zero attached hydrogens (tertiary/aromatic N) is 2. The fourth-order valence-electron chi connectivity index (χ4n) is 5.22. The Morgan fingerprint density at radius 1 is 1.18 bits per heavy atom. The number of carbonyl (C=O) groups is 1. The molecule has 2 aromatic rings. The number of ketones is 1. The average Bonchev–Trinajstić information content (AvgIpc) is 3.45. The largest absolute Gasteiger partial charge is 0.493 e. The normalized spacial score (nSPS) is 17.7. The molecule has 0 saturated heterocycles. The van der Waals surface area contributed by atoms with Crippen molar-refractivity contribution in [2.45, 2.75) is 107 Å². The number of halogens is 1. The molecule has 0 bridgehead atoms. The van der Waals surface area contributed by atoms with E-state index in [1.807, 2.05) is 78.3 Å². The van der Waals surface area contributed by atoms with Crippen LogP contribution in [0.25, 0.3) is 0 Å². The molecule has 3 unspecified atom stereocenters. The number of allylic oxidation sites excluding steroid dienone is 4. The van der Waals surface area contributed by atoms with Gasteiger partial charge in [0.05, 0.1) is 37.4 Å². The standard InChI is InChI=1S/C27H32ClN3O3.C6H14.2C2H6/c1-6-16(3)21-12-24(23-14-30-31(4)27(23)33-5)29-13-22(21)20(7-2)26(32)18-10-17-11-19(28)8-9-25(17)34-15-18;1-3-5-6-4-2;2*1-2/h7-9,11-14,16,18,24,29H,6,10,15H2,1-5H3;3-6H2,1-2H3;2*1-2H3/b20-7+;;;. The number of ether oxygens (including phenoxy) is 2. The van der Waals surface area contributed by atoms with E-state index in [1.54, 1.807) is 11.8 Å². The summed E-state index contributed by atoms with van der Waals surface area (Å²) in [5.41, 5.74) is 4.75. The number of carbonyl (C=O) groups excluding carboxylic acids is 1. The zero-order chi connectivity index (χ0) is 33.2. The van der Waals surface area contributed by atoms with Gasteiger partial charge < -0.3 is 14.8 Å². The predicted molar refractivity (Wildman–Crippen MR) is 187 cm³/mol. The molecule has 4 rings (SSSR count). The molecule has 0 saturated carbocycles. The lowest BCUT2D eigenvalue weighted by Crippen LogP contribution is -2.31. The first-order chi connectivity index (χ1) is 21.3. The number of dihydropyridines is 1. The highest BCUT2D eigenvalue weighted by Gasteiger charge is 2.32. The van der Waals surface area contributed by atoms with Gasteiger partial charge >= 0.3 is 0 Å². The maximum atomic E-state index is 13.7. The van der Waals surface area contributed by atoms with Gasteiger partial charge in [0.15, 0.2) is 5.78 Å². The summed E-state index contributed by atoms with van der Waals surface area (Å²) in [7, 11) is 3.51. The molecule has 0 fully saturated rings. The molecule has 1 aromatic carbocycles. The fraction of sp³-hybridized carbons (Fsp3) is 0.568. The highest BCUT2D eigenvalue weighted by atomic mass is 35.5. The summed E-state index contributed by atoms with van der Waals surface area (Å²) in [6, 6.07) is 5.49. The molecule has 7 heteroatoms. The number of Topliss-reactive ketones (excluding diaryl/α,β-unsaturated/α-hetero) is 1. The highest BCUT2D eigenvalue weighted by molar-refractivity contribution is 6.30. The Morgan fingerprint density at radius 3 is 2.41 bits per heavy atom.